The van der Waals surface area contributed by atoms with Crippen LogP contribution in [0.15, 0.2) is 147 Å². The summed E-state index contributed by atoms with van der Waals surface area (Å²) in [6.45, 7) is 0. The summed E-state index contributed by atoms with van der Waals surface area (Å²) in [5, 5.41) is 0. The van der Waals surface area contributed by atoms with Crippen LogP contribution < -0.4 is 9.88 Å². The van der Waals surface area contributed by atoms with Gasteiger partial charge in [-0.1, -0.05) is 66.7 Å². The summed E-state index contributed by atoms with van der Waals surface area (Å²) >= 11 is 3.63. The number of anilines is 3. The second kappa shape index (κ2) is 11.8. The normalized spacial score (nSPS) is 12.2. The van der Waals surface area contributed by atoms with E-state index in [2.05, 4.69) is 85.5 Å². The molecule has 2 aliphatic rings. The predicted molar refractivity (Wildman–Crippen MR) is 170 cm³/mol. The number of fused-ring (bicyclic) bond motifs is 5. The van der Waals surface area contributed by atoms with Gasteiger partial charge in [0.05, 0.1) is 17.1 Å². The summed E-state index contributed by atoms with van der Waals surface area (Å²) in [4.78, 5) is 24.9. The zero-order valence-electron chi connectivity index (χ0n) is 22.5. The van der Waals surface area contributed by atoms with Crippen molar-refractivity contribution >= 4 is 51.6 Å². The molecule has 5 nitrogen and oxygen atoms in total. The van der Waals surface area contributed by atoms with Gasteiger partial charge < -0.3 is 19.9 Å². The molecule has 0 bridgehead atoms. The molecule has 43 heavy (non-hydrogen) atoms. The second-order valence-corrected chi connectivity index (χ2v) is 11.8. The molecular weight excluding hydrogens is 747 g/mol. The molecule has 0 spiro atoms. The Morgan fingerprint density at radius 1 is 0.628 bits per heavy atom. The minimum Gasteiger partial charge on any atom is -0.434 e. The van der Waals surface area contributed by atoms with Crippen molar-refractivity contribution in [2.45, 2.75) is 19.6 Å². The smallest absolute Gasteiger partial charge is 0.0620 e. The molecule has 2 aliphatic heterocycles. The molecule has 0 unspecified atom stereocenters. The van der Waals surface area contributed by atoms with Crippen LogP contribution in [0.25, 0.3) is 33.8 Å². The number of para-hydroxylation sites is 4. The predicted octanol–water partition coefficient (Wildman–Crippen LogP) is 9.20. The fraction of sp³-hybridized carbons (Fsp3) is 0. The maximum absolute atomic E-state index is 4.54. The van der Waals surface area contributed by atoms with Gasteiger partial charge in [0.25, 0.3) is 0 Å². The van der Waals surface area contributed by atoms with Crippen LogP contribution >= 0.6 is 23.5 Å². The fourth-order valence-corrected chi connectivity index (χ4v) is 7.39. The van der Waals surface area contributed by atoms with Crippen LogP contribution in [-0.4, -0.2) is 15.0 Å². The average Bonchev–Trinajstić information content (AvgIpc) is 3.50. The Balaban J connectivity index is 0.000000160. The van der Waals surface area contributed by atoms with Crippen molar-refractivity contribution in [1.29, 1.82) is 0 Å². The van der Waals surface area contributed by atoms with Gasteiger partial charge in [-0.05, 0) is 80.5 Å². The van der Waals surface area contributed by atoms with E-state index in [1.807, 2.05) is 78.6 Å². The zero-order valence-corrected chi connectivity index (χ0v) is 26.5. The van der Waals surface area contributed by atoms with Crippen LogP contribution in [0.3, 0.4) is 0 Å². The summed E-state index contributed by atoms with van der Waals surface area (Å²) in [6, 6.07) is 42.7. The molecule has 0 saturated heterocycles. The van der Waals surface area contributed by atoms with E-state index in [-0.39, 0.29) is 20.1 Å². The van der Waals surface area contributed by atoms with Crippen LogP contribution in [0.4, 0.5) is 17.1 Å². The molecule has 4 aromatic carbocycles. The molecule has 209 valence electrons. The average molecular weight is 768 g/mol. The molecular formula is C35H21IrN5S2-2. The number of benzene rings is 4. The fourth-order valence-electron chi connectivity index (χ4n) is 5.12. The molecule has 0 N–H and O–H groups in total. The third-order valence-corrected chi connectivity index (χ3v) is 9.17. The van der Waals surface area contributed by atoms with Crippen molar-refractivity contribution in [3.8, 4) is 22.8 Å². The molecule has 7 aromatic rings. The van der Waals surface area contributed by atoms with E-state index in [1.54, 1.807) is 18.0 Å². The van der Waals surface area contributed by atoms with Crippen LogP contribution in [0.2, 0.25) is 0 Å². The molecule has 0 aliphatic carbocycles. The van der Waals surface area contributed by atoms with E-state index in [1.165, 1.54) is 31.7 Å². The van der Waals surface area contributed by atoms with Crippen molar-refractivity contribution < 1.29 is 20.1 Å². The van der Waals surface area contributed by atoms with E-state index < -0.39 is 0 Å². The number of hydrogen-bond donors (Lipinski definition) is 0. The van der Waals surface area contributed by atoms with Crippen molar-refractivity contribution in [1.82, 2.24) is 19.9 Å². The Hall–Kier alpha value is -4.20. The summed E-state index contributed by atoms with van der Waals surface area (Å²) in [5.74, 6) is 0.691. The van der Waals surface area contributed by atoms with Gasteiger partial charge in [0.15, 0.2) is 0 Å². The molecule has 5 heterocycles. The van der Waals surface area contributed by atoms with E-state index >= 15 is 0 Å². The first-order chi connectivity index (χ1) is 20.8. The summed E-state index contributed by atoms with van der Waals surface area (Å²) in [7, 11) is 0. The summed E-state index contributed by atoms with van der Waals surface area (Å²) < 4.78 is 0. The third kappa shape index (κ3) is 5.17. The van der Waals surface area contributed by atoms with Crippen LogP contribution in [-0.2, 0) is 20.1 Å². The quantitative estimate of drug-likeness (QED) is 0.163. The Kier molecular flexibility index (Phi) is 7.59. The van der Waals surface area contributed by atoms with Gasteiger partial charge in [0, 0.05) is 42.3 Å². The van der Waals surface area contributed by atoms with Crippen LogP contribution in [0.1, 0.15) is 0 Å². The Morgan fingerprint density at radius 2 is 1.26 bits per heavy atom. The summed E-state index contributed by atoms with van der Waals surface area (Å²) in [5.41, 5.74) is 8.36. The zero-order chi connectivity index (χ0) is 27.9. The number of aromatic nitrogens is 4. The molecule has 1 radical (unpaired) electrons. The Bertz CT molecular complexity index is 1960. The number of rotatable bonds is 2. The van der Waals surface area contributed by atoms with Gasteiger partial charge in [0.1, 0.15) is 0 Å². The largest absolute Gasteiger partial charge is 0.434 e. The molecule has 3 aromatic heterocycles. The summed E-state index contributed by atoms with van der Waals surface area (Å²) in [6.07, 6.45) is 3.59. The third-order valence-electron chi connectivity index (χ3n) is 7.01. The van der Waals surface area contributed by atoms with E-state index in [0.29, 0.717) is 5.82 Å². The Morgan fingerprint density at radius 3 is 1.95 bits per heavy atom. The molecule has 0 atom stereocenters. The number of imidazole rings is 1. The second-order valence-electron chi connectivity index (χ2n) is 9.67. The molecule has 0 amide bonds. The number of pyridine rings is 2. The number of hydrogen-bond acceptors (Lipinski definition) is 6. The maximum atomic E-state index is 4.54. The first kappa shape index (κ1) is 27.6. The number of nitrogens with zero attached hydrogens (tertiary/aromatic N) is 5. The van der Waals surface area contributed by atoms with Gasteiger partial charge in [-0.25, -0.2) is 0 Å². The van der Waals surface area contributed by atoms with Gasteiger partial charge in [0.2, 0.25) is 0 Å². The van der Waals surface area contributed by atoms with Crippen molar-refractivity contribution in [3.05, 3.63) is 134 Å². The molecule has 8 heteroatoms. The van der Waals surface area contributed by atoms with Gasteiger partial charge in [-0.2, -0.15) is 0 Å². The van der Waals surface area contributed by atoms with E-state index in [0.717, 1.165) is 32.9 Å². The standard InChI is InChI=1S/C23H13N2S2.C12H8N3.Ir/c1-3-10-19-17(8-1)25-18-9-2-4-11-20(18)27-22-14-15(13-21(26-19)23(22)25)16-7-5-6-12-24-16;1-2-6-10-9(5-1)14-12(15-10)11-7-3-4-8-13-11;/h1-13H;1-8H;/q2*-1;. The molecule has 0 saturated carbocycles. The van der Waals surface area contributed by atoms with Gasteiger partial charge in [-0.3, -0.25) is 4.98 Å². The molecule has 0 fully saturated rings. The van der Waals surface area contributed by atoms with E-state index in [4.69, 9.17) is 0 Å². The minimum absolute atomic E-state index is 0. The van der Waals surface area contributed by atoms with Crippen LogP contribution in [0.5, 0.6) is 0 Å². The monoisotopic (exact) mass is 768 g/mol. The van der Waals surface area contributed by atoms with Crippen molar-refractivity contribution in [2.75, 3.05) is 4.90 Å². The van der Waals surface area contributed by atoms with Crippen molar-refractivity contribution in [2.24, 2.45) is 0 Å². The molecule has 9 rings (SSSR count). The first-order valence-electron chi connectivity index (χ1n) is 13.5. The van der Waals surface area contributed by atoms with Gasteiger partial charge >= 0.3 is 0 Å². The Labute approximate surface area is 271 Å². The SMILES string of the molecule is [Ir].[c-]1c(-c2ccccn2)cc2c3c1Sc1ccccc1N3c1ccccc1S2.c1ccc(-c2nc3ccccc3[n-]2)nc1. The van der Waals surface area contributed by atoms with Gasteiger partial charge in [-0.15, -0.1) is 41.2 Å². The minimum atomic E-state index is 0. The maximum Gasteiger partial charge on any atom is 0.0620 e. The van der Waals surface area contributed by atoms with Crippen molar-refractivity contribution in [3.63, 3.8) is 0 Å². The first-order valence-corrected chi connectivity index (χ1v) is 15.1. The topological polar surface area (TPSA) is 56.0 Å². The van der Waals surface area contributed by atoms with Crippen LogP contribution in [0, 0.1) is 6.07 Å². The van der Waals surface area contributed by atoms with E-state index in [9.17, 15) is 0 Å².